The van der Waals surface area contributed by atoms with Crippen molar-refractivity contribution in [1.82, 2.24) is 0 Å². The van der Waals surface area contributed by atoms with Gasteiger partial charge < -0.3 is 9.11 Å². The Labute approximate surface area is 145 Å². The molecule has 102 valence electrons. The molecule has 2 atom stereocenters. The third-order valence-corrected chi connectivity index (χ3v) is 3.32. The zero-order valence-corrected chi connectivity index (χ0v) is 14.6. The summed E-state index contributed by atoms with van der Waals surface area (Å²) < 4.78 is 39.1. The van der Waals surface area contributed by atoms with Crippen LogP contribution in [0.1, 0.15) is 5.56 Å². The molecule has 0 aliphatic carbocycles. The topological polar surface area (TPSA) is 77.4 Å². The third kappa shape index (κ3) is 8.76. The second-order valence-corrected chi connectivity index (χ2v) is 5.36. The summed E-state index contributed by atoms with van der Waals surface area (Å²) in [5.74, 6) is 0.112. The van der Waals surface area contributed by atoms with E-state index >= 15 is 0 Å². The molecule has 0 aromatic heterocycles. The summed E-state index contributed by atoms with van der Waals surface area (Å²) in [5, 5.41) is 0. The van der Waals surface area contributed by atoms with Crippen LogP contribution in [0, 0.1) is 0 Å². The fraction of sp³-hybridized carbons (Fsp3) is 0.0769. The fourth-order valence-corrected chi connectivity index (χ4v) is 2.10. The number of hydrogen-bond donors (Lipinski definition) is 1. The van der Waals surface area contributed by atoms with Gasteiger partial charge in [-0.25, -0.2) is 4.21 Å². The van der Waals surface area contributed by atoms with Crippen molar-refractivity contribution in [3.8, 4) is 0 Å². The molecule has 2 rings (SSSR count). The smallest absolute Gasteiger partial charge is 0.772 e. The minimum absolute atomic E-state index is 0. The number of hydrogen-bond acceptors (Lipinski definition) is 3. The Kier molecular flexibility index (Phi) is 11.1. The standard InChI is InChI=1S/C7H8O2S.C6H6O2S.Na/c8-10(9)6-7-4-2-1-3-5-7;7-9(8)6-4-2-1-3-5-6;/h1-5H,6H2,(H,8,9);1-5H,(H,7,8);/q;;+1/p-1. The van der Waals surface area contributed by atoms with Crippen molar-refractivity contribution in [3.63, 3.8) is 0 Å². The molecular formula is C13H13NaO4S2. The van der Waals surface area contributed by atoms with Gasteiger partial charge in [0.25, 0.3) is 0 Å². The van der Waals surface area contributed by atoms with E-state index in [1.54, 1.807) is 42.5 Å². The Balaban J connectivity index is 0.000000345. The van der Waals surface area contributed by atoms with Crippen molar-refractivity contribution in [2.24, 2.45) is 0 Å². The molecule has 0 amide bonds. The van der Waals surface area contributed by atoms with Crippen LogP contribution in [0.4, 0.5) is 0 Å². The van der Waals surface area contributed by atoms with E-state index < -0.39 is 22.2 Å². The summed E-state index contributed by atoms with van der Waals surface area (Å²) in [4.78, 5) is 0.442. The van der Waals surface area contributed by atoms with Crippen molar-refractivity contribution in [2.45, 2.75) is 10.6 Å². The van der Waals surface area contributed by atoms with Gasteiger partial charge in [0.15, 0.2) is 11.1 Å². The van der Waals surface area contributed by atoms with Crippen molar-refractivity contribution in [1.29, 1.82) is 0 Å². The van der Waals surface area contributed by atoms with Crippen LogP contribution in [0.3, 0.4) is 0 Å². The zero-order chi connectivity index (χ0) is 14.1. The van der Waals surface area contributed by atoms with Crippen LogP contribution in [0.25, 0.3) is 0 Å². The fourth-order valence-electron chi connectivity index (χ4n) is 1.25. The molecule has 0 spiro atoms. The summed E-state index contributed by atoms with van der Waals surface area (Å²) in [7, 11) is 0. The molecule has 4 nitrogen and oxygen atoms in total. The maximum atomic E-state index is 10.3. The minimum atomic E-state index is -1.97. The van der Waals surface area contributed by atoms with Crippen LogP contribution in [-0.2, 0) is 27.9 Å². The molecule has 0 aliphatic rings. The molecule has 0 heterocycles. The maximum Gasteiger partial charge on any atom is 1.00 e. The molecule has 0 bridgehead atoms. The van der Waals surface area contributed by atoms with E-state index in [0.29, 0.717) is 4.90 Å². The van der Waals surface area contributed by atoms with Crippen molar-refractivity contribution < 1.29 is 47.1 Å². The van der Waals surface area contributed by atoms with Crippen LogP contribution in [0.15, 0.2) is 65.6 Å². The van der Waals surface area contributed by atoms with Gasteiger partial charge in [0.2, 0.25) is 0 Å². The summed E-state index contributed by atoms with van der Waals surface area (Å²) in [6.07, 6.45) is 0. The SMILES string of the molecule is O=S(O)c1ccccc1.O=S([O-])Cc1ccccc1.[Na+]. The van der Waals surface area contributed by atoms with Gasteiger partial charge in [0, 0.05) is 5.75 Å². The number of benzene rings is 2. The first-order valence-electron chi connectivity index (χ1n) is 5.35. The Morgan fingerprint density at radius 2 is 1.35 bits per heavy atom. The minimum Gasteiger partial charge on any atom is -0.772 e. The average molecular weight is 320 g/mol. The predicted octanol–water partition coefficient (Wildman–Crippen LogP) is -0.663. The molecule has 2 aromatic rings. The van der Waals surface area contributed by atoms with Crippen LogP contribution >= 0.6 is 0 Å². The molecule has 7 heteroatoms. The van der Waals surface area contributed by atoms with Gasteiger partial charge in [0.05, 0.1) is 4.90 Å². The van der Waals surface area contributed by atoms with E-state index in [2.05, 4.69) is 0 Å². The average Bonchev–Trinajstić information content (AvgIpc) is 2.41. The molecule has 2 aromatic carbocycles. The Morgan fingerprint density at radius 1 is 0.900 bits per heavy atom. The van der Waals surface area contributed by atoms with Gasteiger partial charge in [0.1, 0.15) is 0 Å². The monoisotopic (exact) mass is 320 g/mol. The summed E-state index contributed by atoms with van der Waals surface area (Å²) in [5.41, 5.74) is 0.829. The zero-order valence-electron chi connectivity index (χ0n) is 11.0. The Hall–Kier alpha value is -0.340. The largest absolute Gasteiger partial charge is 1.00 e. The van der Waals surface area contributed by atoms with Crippen LogP contribution in [0.2, 0.25) is 0 Å². The molecule has 0 aliphatic heterocycles. The molecule has 0 saturated carbocycles. The van der Waals surface area contributed by atoms with Gasteiger partial charge in [-0.15, -0.1) is 0 Å². The van der Waals surface area contributed by atoms with Gasteiger partial charge in [-0.05, 0) is 17.7 Å². The van der Waals surface area contributed by atoms with Crippen LogP contribution in [-0.4, -0.2) is 17.5 Å². The van der Waals surface area contributed by atoms with E-state index in [4.69, 9.17) is 4.55 Å². The molecular weight excluding hydrogens is 307 g/mol. The first kappa shape index (κ1) is 19.7. The molecule has 0 fully saturated rings. The Bertz CT molecular complexity index is 535. The van der Waals surface area contributed by atoms with Gasteiger partial charge in [-0.2, -0.15) is 0 Å². The molecule has 1 N–H and O–H groups in total. The normalized spacial score (nSPS) is 12.3. The molecule has 0 radical (unpaired) electrons. The molecule has 2 unspecified atom stereocenters. The summed E-state index contributed by atoms with van der Waals surface area (Å²) in [6, 6.07) is 17.5. The Morgan fingerprint density at radius 3 is 1.70 bits per heavy atom. The first-order valence-corrected chi connectivity index (χ1v) is 7.70. The van der Waals surface area contributed by atoms with Crippen molar-refractivity contribution >= 4 is 22.2 Å². The molecule has 20 heavy (non-hydrogen) atoms. The summed E-state index contributed by atoms with van der Waals surface area (Å²) >= 11 is -3.80. The van der Waals surface area contributed by atoms with E-state index in [1.807, 2.05) is 18.2 Å². The maximum absolute atomic E-state index is 10.3. The van der Waals surface area contributed by atoms with E-state index in [0.717, 1.165) is 5.56 Å². The van der Waals surface area contributed by atoms with Gasteiger partial charge in [-0.1, -0.05) is 59.6 Å². The van der Waals surface area contributed by atoms with Gasteiger partial charge in [-0.3, -0.25) is 4.21 Å². The summed E-state index contributed by atoms with van der Waals surface area (Å²) in [6.45, 7) is 0. The second-order valence-electron chi connectivity index (χ2n) is 3.50. The van der Waals surface area contributed by atoms with E-state index in [-0.39, 0.29) is 35.3 Å². The number of rotatable bonds is 3. The predicted molar refractivity (Wildman–Crippen MR) is 74.5 cm³/mol. The quantitative estimate of drug-likeness (QED) is 0.601. The second kappa shape index (κ2) is 11.3. The van der Waals surface area contributed by atoms with Crippen LogP contribution < -0.4 is 29.6 Å². The third-order valence-electron chi connectivity index (χ3n) is 2.07. The van der Waals surface area contributed by atoms with E-state index in [9.17, 15) is 13.0 Å². The van der Waals surface area contributed by atoms with Crippen molar-refractivity contribution in [2.75, 3.05) is 0 Å². The van der Waals surface area contributed by atoms with Crippen molar-refractivity contribution in [3.05, 3.63) is 66.2 Å². The van der Waals surface area contributed by atoms with E-state index in [1.165, 1.54) is 0 Å². The molecule has 0 saturated heterocycles. The van der Waals surface area contributed by atoms with Gasteiger partial charge >= 0.3 is 29.6 Å². The van der Waals surface area contributed by atoms with Crippen LogP contribution in [0.5, 0.6) is 0 Å². The first-order chi connectivity index (χ1) is 9.09.